The van der Waals surface area contributed by atoms with Gasteiger partial charge < -0.3 is 13.9 Å². The van der Waals surface area contributed by atoms with Crippen LogP contribution in [0, 0.1) is 28.6 Å². The van der Waals surface area contributed by atoms with Crippen LogP contribution in [0.1, 0.15) is 57.0 Å². The molecular formula is C27H29ClO6. The molecule has 1 spiro atoms. The summed E-state index contributed by atoms with van der Waals surface area (Å²) >= 11 is 6.15. The van der Waals surface area contributed by atoms with Gasteiger partial charge in [0, 0.05) is 16.7 Å². The molecule has 8 atom stereocenters. The van der Waals surface area contributed by atoms with Crippen molar-refractivity contribution in [3.05, 3.63) is 48.0 Å². The Kier molecular flexibility index (Phi) is 4.55. The van der Waals surface area contributed by atoms with Crippen LogP contribution in [0.25, 0.3) is 0 Å². The van der Waals surface area contributed by atoms with Crippen molar-refractivity contribution in [2.24, 2.45) is 28.6 Å². The molecule has 3 saturated carbocycles. The van der Waals surface area contributed by atoms with Crippen LogP contribution >= 0.6 is 11.6 Å². The average Bonchev–Trinajstić information content (AvgIpc) is 3.17. The lowest BCUT2D eigenvalue weighted by Gasteiger charge is -2.56. The van der Waals surface area contributed by atoms with Gasteiger partial charge >= 0.3 is 5.97 Å². The van der Waals surface area contributed by atoms with Crippen molar-refractivity contribution in [2.75, 3.05) is 5.88 Å². The Morgan fingerprint density at radius 2 is 2.06 bits per heavy atom. The van der Waals surface area contributed by atoms with E-state index in [1.54, 1.807) is 24.3 Å². The molecule has 4 fully saturated rings. The van der Waals surface area contributed by atoms with E-state index in [0.717, 1.165) is 24.8 Å². The zero-order valence-electron chi connectivity index (χ0n) is 19.6. The number of hydrogen-bond acceptors (Lipinski definition) is 6. The number of ketones is 2. The molecule has 4 aliphatic carbocycles. The Hall–Kier alpha value is -2.18. The Labute approximate surface area is 203 Å². The third-order valence-corrected chi connectivity index (χ3v) is 10.2. The van der Waals surface area contributed by atoms with E-state index in [9.17, 15) is 14.4 Å². The van der Waals surface area contributed by atoms with E-state index in [0.29, 0.717) is 6.42 Å². The molecule has 0 unspecified atom stereocenters. The highest BCUT2D eigenvalue weighted by Crippen LogP contribution is 2.77. The number of hydrogen-bond donors (Lipinski definition) is 0. The van der Waals surface area contributed by atoms with Gasteiger partial charge in [-0.3, -0.25) is 9.59 Å². The first-order valence-electron chi connectivity index (χ1n) is 12.1. The Morgan fingerprint density at radius 3 is 2.76 bits per heavy atom. The predicted octanol–water partition coefficient (Wildman–Crippen LogP) is 4.67. The number of esters is 1. The lowest BCUT2D eigenvalue weighted by atomic mass is 9.46. The number of rotatable bonds is 4. The van der Waals surface area contributed by atoms with Crippen molar-refractivity contribution in [3.8, 4) is 0 Å². The van der Waals surface area contributed by atoms with Gasteiger partial charge in [-0.05, 0) is 68.7 Å². The van der Waals surface area contributed by atoms with E-state index in [2.05, 4.69) is 13.8 Å². The fourth-order valence-corrected chi connectivity index (χ4v) is 8.73. The van der Waals surface area contributed by atoms with Gasteiger partial charge in [-0.2, -0.15) is 0 Å². The monoisotopic (exact) mass is 484 g/mol. The minimum Gasteiger partial charge on any atom is -0.457 e. The summed E-state index contributed by atoms with van der Waals surface area (Å²) in [7, 11) is 0. The van der Waals surface area contributed by atoms with Crippen LogP contribution in [0.5, 0.6) is 0 Å². The second-order valence-corrected chi connectivity index (χ2v) is 11.4. The minimum absolute atomic E-state index is 0.0335. The molecule has 0 radical (unpaired) electrons. The maximum Gasteiger partial charge on any atom is 0.375 e. The Balaban J connectivity index is 1.43. The van der Waals surface area contributed by atoms with Gasteiger partial charge in [-0.15, -0.1) is 11.6 Å². The summed E-state index contributed by atoms with van der Waals surface area (Å²) in [5, 5.41) is 0. The molecular weight excluding hydrogens is 456 g/mol. The van der Waals surface area contributed by atoms with Crippen LogP contribution in [0.4, 0.5) is 0 Å². The van der Waals surface area contributed by atoms with Gasteiger partial charge in [-0.25, -0.2) is 4.79 Å². The highest BCUT2D eigenvalue weighted by molar-refractivity contribution is 6.29. The smallest absolute Gasteiger partial charge is 0.375 e. The second-order valence-electron chi connectivity index (χ2n) is 11.2. The molecule has 7 heteroatoms. The maximum atomic E-state index is 13.6. The number of fused-ring (bicyclic) bond motifs is 3. The lowest BCUT2D eigenvalue weighted by Crippen LogP contribution is -2.63. The fraction of sp³-hybridized carbons (Fsp3) is 0.593. The zero-order valence-corrected chi connectivity index (χ0v) is 20.4. The molecule has 34 heavy (non-hydrogen) atoms. The summed E-state index contributed by atoms with van der Waals surface area (Å²) in [5.74, 6) is -0.916. The van der Waals surface area contributed by atoms with Crippen LogP contribution in [0.15, 0.2) is 46.6 Å². The summed E-state index contributed by atoms with van der Waals surface area (Å²) in [4.78, 5) is 38.8. The van der Waals surface area contributed by atoms with Crippen LogP contribution in [0.2, 0.25) is 0 Å². The van der Waals surface area contributed by atoms with Crippen molar-refractivity contribution in [1.29, 1.82) is 0 Å². The molecule has 1 aromatic heterocycles. The molecule has 6 rings (SSSR count). The normalized spacial score (nSPS) is 46.0. The van der Waals surface area contributed by atoms with Crippen LogP contribution < -0.4 is 0 Å². The molecule has 1 aliphatic heterocycles. The molecule has 1 aromatic rings. The minimum atomic E-state index is -1.35. The number of alkyl halides is 1. The van der Waals surface area contributed by atoms with Crippen molar-refractivity contribution in [2.45, 2.75) is 63.8 Å². The fourth-order valence-electron chi connectivity index (χ4n) is 8.53. The van der Waals surface area contributed by atoms with Crippen molar-refractivity contribution in [1.82, 2.24) is 0 Å². The summed E-state index contributed by atoms with van der Waals surface area (Å²) in [6.07, 6.45) is 9.84. The van der Waals surface area contributed by atoms with E-state index >= 15 is 0 Å². The third kappa shape index (κ3) is 2.44. The summed E-state index contributed by atoms with van der Waals surface area (Å²) in [6.45, 7) is 6.27. The lowest BCUT2D eigenvalue weighted by molar-refractivity contribution is -0.162. The van der Waals surface area contributed by atoms with Gasteiger partial charge in [-0.1, -0.05) is 25.5 Å². The first-order valence-corrected chi connectivity index (χ1v) is 12.7. The number of carbonyl (C=O) groups excluding carboxylic acids is 3. The second kappa shape index (κ2) is 6.94. The van der Waals surface area contributed by atoms with Gasteiger partial charge in [0.15, 0.2) is 17.2 Å². The topological polar surface area (TPSA) is 86.1 Å². The molecule has 1 saturated heterocycles. The number of halogens is 1. The molecule has 0 amide bonds. The summed E-state index contributed by atoms with van der Waals surface area (Å²) in [6, 6.07) is 3.17. The van der Waals surface area contributed by atoms with E-state index < -0.39 is 17.0 Å². The third-order valence-electron chi connectivity index (χ3n) is 9.99. The van der Waals surface area contributed by atoms with E-state index in [-0.39, 0.29) is 58.1 Å². The largest absolute Gasteiger partial charge is 0.457 e. The number of furan rings is 1. The average molecular weight is 485 g/mol. The van der Waals surface area contributed by atoms with Crippen LogP contribution in [-0.2, 0) is 19.1 Å². The van der Waals surface area contributed by atoms with E-state index in [1.165, 1.54) is 6.26 Å². The van der Waals surface area contributed by atoms with Crippen LogP contribution in [0.3, 0.4) is 0 Å². The highest BCUT2D eigenvalue weighted by Gasteiger charge is 2.82. The number of carbonyl (C=O) groups is 3. The van der Waals surface area contributed by atoms with E-state index in [1.807, 2.05) is 13.0 Å². The van der Waals surface area contributed by atoms with Crippen molar-refractivity contribution < 1.29 is 28.3 Å². The SMILES string of the molecule is C[C@@H]1C[C@H]2[C@@H]3CCC4=CC(=O)C=C[C@]4(C)[C@@]34O[C@@H]4C[C@]2(C)[C@@]1(OC(=O)c1ccco1)C(=O)CCl. The van der Waals surface area contributed by atoms with Crippen LogP contribution in [-0.4, -0.2) is 40.7 Å². The van der Waals surface area contributed by atoms with E-state index in [4.69, 9.17) is 25.5 Å². The number of ether oxygens (including phenoxy) is 2. The summed E-state index contributed by atoms with van der Waals surface area (Å²) in [5.41, 5.74) is -1.56. The number of Topliss-reactive ketones (excluding diaryl/α,β-unsaturated/α-hetero) is 1. The van der Waals surface area contributed by atoms with Crippen molar-refractivity contribution >= 4 is 29.1 Å². The Bertz CT molecular complexity index is 1150. The molecule has 2 heterocycles. The molecule has 5 aliphatic rings. The molecule has 0 bridgehead atoms. The standard InChI is InChI=1S/C27H29ClO6/c1-15-11-19-18-7-6-16-12-17(29)8-9-24(16,2)27(18)22(33-27)13-25(19,3)26(15,21(30)14-28)34-23(31)20-5-4-10-32-20/h4-5,8-10,12,15,18-19,22H,6-7,11,13-14H2,1-3H3/t15-,18+,19+,22-,24+,25+,26+,27-/m1/s1. The Morgan fingerprint density at radius 1 is 1.26 bits per heavy atom. The molecule has 180 valence electrons. The maximum absolute atomic E-state index is 13.6. The van der Waals surface area contributed by atoms with Gasteiger partial charge in [0.2, 0.25) is 5.76 Å². The van der Waals surface area contributed by atoms with Crippen molar-refractivity contribution in [3.63, 3.8) is 0 Å². The number of allylic oxidation sites excluding steroid dienone is 2. The molecule has 6 nitrogen and oxygen atoms in total. The first-order chi connectivity index (χ1) is 16.1. The molecule has 0 aromatic carbocycles. The molecule has 0 N–H and O–H groups in total. The predicted molar refractivity (Wildman–Crippen MR) is 123 cm³/mol. The quantitative estimate of drug-likeness (QED) is 0.351. The highest BCUT2D eigenvalue weighted by atomic mass is 35.5. The zero-order chi connectivity index (χ0) is 24.1. The summed E-state index contributed by atoms with van der Waals surface area (Å²) < 4.78 is 18.0. The first kappa shape index (κ1) is 22.3. The number of epoxide rings is 1. The van der Waals surface area contributed by atoms with Gasteiger partial charge in [0.05, 0.1) is 18.2 Å². The van der Waals surface area contributed by atoms with Gasteiger partial charge in [0.1, 0.15) is 5.60 Å². The van der Waals surface area contributed by atoms with Gasteiger partial charge in [0.25, 0.3) is 0 Å².